The zero-order valence-corrected chi connectivity index (χ0v) is 17.6. The number of hydrogen-bond donors (Lipinski definition) is 2. The number of carbonyl (C=O) groups excluding carboxylic acids is 3. The van der Waals surface area contributed by atoms with E-state index in [1.54, 1.807) is 6.07 Å². The summed E-state index contributed by atoms with van der Waals surface area (Å²) in [6.07, 6.45) is 0.171. The third-order valence-corrected chi connectivity index (χ3v) is 5.22. The Morgan fingerprint density at radius 2 is 1.42 bits per heavy atom. The van der Waals surface area contributed by atoms with Crippen molar-refractivity contribution in [2.75, 3.05) is 18.5 Å². The van der Waals surface area contributed by atoms with Gasteiger partial charge in [-0.15, -0.1) is 0 Å². The molecule has 3 rings (SSSR count). The van der Waals surface area contributed by atoms with Gasteiger partial charge in [-0.25, -0.2) is 0 Å². The largest absolute Gasteiger partial charge is 0.454 e. The summed E-state index contributed by atoms with van der Waals surface area (Å²) in [7, 11) is 0. The number of para-hydroxylation sites is 1. The van der Waals surface area contributed by atoms with Crippen LogP contribution in [0, 0.1) is 0 Å². The molecule has 0 atom stereocenters. The summed E-state index contributed by atoms with van der Waals surface area (Å²) in [5, 5.41) is 5.25. The van der Waals surface area contributed by atoms with E-state index >= 15 is 0 Å². The lowest BCUT2D eigenvalue weighted by atomic mass is 10.1. The third-order valence-electron chi connectivity index (χ3n) is 4.13. The molecule has 0 aliphatic carbocycles. The molecule has 0 aliphatic rings. The Bertz CT molecular complexity index is 1030. The molecule has 7 heteroatoms. The van der Waals surface area contributed by atoms with Crippen LogP contribution in [-0.4, -0.2) is 30.9 Å². The molecule has 0 bridgehead atoms. The number of rotatable bonds is 9. The van der Waals surface area contributed by atoms with Gasteiger partial charge in [-0.1, -0.05) is 72.4 Å². The molecule has 0 heterocycles. The zero-order valence-electron chi connectivity index (χ0n) is 16.7. The van der Waals surface area contributed by atoms with Crippen molar-refractivity contribution in [2.24, 2.45) is 0 Å². The first-order valence-corrected chi connectivity index (χ1v) is 10.5. The van der Waals surface area contributed by atoms with E-state index in [1.165, 1.54) is 11.8 Å². The molecule has 3 aromatic carbocycles. The topological polar surface area (TPSA) is 84.5 Å². The highest BCUT2D eigenvalue weighted by Crippen LogP contribution is 2.33. The summed E-state index contributed by atoms with van der Waals surface area (Å²) in [6.45, 7) is -0.725. The fraction of sp³-hybridized carbons (Fsp3) is 0.125. The standard InChI is InChI=1S/C24H22N2O4S/c27-22(15-18-9-3-1-4-10-18)25-16-24(29)30-17-23(28)26-20-13-7-8-14-21(20)31-19-11-5-2-6-12-19/h1-14H,15-17H2,(H,25,27)(H,26,28). The molecule has 0 fully saturated rings. The van der Waals surface area contributed by atoms with E-state index in [0.717, 1.165) is 15.4 Å². The second-order valence-electron chi connectivity index (χ2n) is 6.56. The molecule has 0 radical (unpaired) electrons. The van der Waals surface area contributed by atoms with Crippen LogP contribution in [0.5, 0.6) is 0 Å². The van der Waals surface area contributed by atoms with Crippen LogP contribution in [0.25, 0.3) is 0 Å². The molecule has 3 aromatic rings. The van der Waals surface area contributed by atoms with Crippen LogP contribution in [0.15, 0.2) is 94.7 Å². The van der Waals surface area contributed by atoms with Crippen molar-refractivity contribution in [3.05, 3.63) is 90.5 Å². The molecule has 0 saturated heterocycles. The van der Waals surface area contributed by atoms with Gasteiger partial charge in [-0.3, -0.25) is 14.4 Å². The van der Waals surface area contributed by atoms with Crippen LogP contribution in [0.3, 0.4) is 0 Å². The van der Waals surface area contributed by atoms with Crippen molar-refractivity contribution in [1.29, 1.82) is 0 Å². The number of nitrogens with one attached hydrogen (secondary N) is 2. The quantitative estimate of drug-likeness (QED) is 0.502. The van der Waals surface area contributed by atoms with Gasteiger partial charge in [0.2, 0.25) is 5.91 Å². The molecule has 0 aliphatic heterocycles. The van der Waals surface area contributed by atoms with Crippen molar-refractivity contribution in [3.63, 3.8) is 0 Å². The van der Waals surface area contributed by atoms with Gasteiger partial charge in [0.25, 0.3) is 5.91 Å². The Kier molecular flexibility index (Phi) is 8.25. The minimum atomic E-state index is -0.677. The normalized spacial score (nSPS) is 10.2. The van der Waals surface area contributed by atoms with Crippen LogP contribution < -0.4 is 10.6 Å². The monoisotopic (exact) mass is 434 g/mol. The maximum atomic E-state index is 12.2. The maximum Gasteiger partial charge on any atom is 0.325 e. The number of esters is 1. The van der Waals surface area contributed by atoms with E-state index in [0.29, 0.717) is 5.69 Å². The third kappa shape index (κ3) is 7.64. The number of carbonyl (C=O) groups is 3. The van der Waals surface area contributed by atoms with Crippen molar-refractivity contribution in [3.8, 4) is 0 Å². The zero-order chi connectivity index (χ0) is 21.9. The van der Waals surface area contributed by atoms with Crippen molar-refractivity contribution in [2.45, 2.75) is 16.2 Å². The van der Waals surface area contributed by atoms with Crippen LogP contribution in [0.4, 0.5) is 5.69 Å². The Morgan fingerprint density at radius 3 is 2.16 bits per heavy atom. The van der Waals surface area contributed by atoms with Crippen LogP contribution in [0.1, 0.15) is 5.56 Å². The van der Waals surface area contributed by atoms with Gasteiger partial charge >= 0.3 is 5.97 Å². The molecule has 2 amide bonds. The highest BCUT2D eigenvalue weighted by molar-refractivity contribution is 7.99. The van der Waals surface area contributed by atoms with Gasteiger partial charge < -0.3 is 15.4 Å². The molecule has 0 unspecified atom stereocenters. The van der Waals surface area contributed by atoms with E-state index in [-0.39, 0.29) is 18.9 Å². The fourth-order valence-electron chi connectivity index (χ4n) is 2.67. The first-order chi connectivity index (χ1) is 15.1. The van der Waals surface area contributed by atoms with Gasteiger partial charge in [0, 0.05) is 9.79 Å². The smallest absolute Gasteiger partial charge is 0.325 e. The minimum absolute atomic E-state index is 0.171. The highest BCUT2D eigenvalue weighted by atomic mass is 32.2. The number of ether oxygens (including phenoxy) is 1. The van der Waals surface area contributed by atoms with Crippen LogP contribution in [-0.2, 0) is 25.5 Å². The Labute approximate surface area is 185 Å². The molecule has 2 N–H and O–H groups in total. The van der Waals surface area contributed by atoms with E-state index in [1.807, 2.05) is 78.9 Å². The van der Waals surface area contributed by atoms with Crippen molar-refractivity contribution < 1.29 is 19.1 Å². The molecule has 0 spiro atoms. The average molecular weight is 435 g/mol. The molecule has 6 nitrogen and oxygen atoms in total. The summed E-state index contributed by atoms with van der Waals surface area (Å²) < 4.78 is 4.96. The number of amides is 2. The van der Waals surface area contributed by atoms with Gasteiger partial charge in [0.05, 0.1) is 12.1 Å². The molecule has 158 valence electrons. The predicted molar refractivity (Wildman–Crippen MR) is 120 cm³/mol. The molecular formula is C24H22N2O4S. The summed E-state index contributed by atoms with van der Waals surface area (Å²) in [6, 6.07) is 26.4. The number of benzene rings is 3. The second kappa shape index (κ2) is 11.6. The second-order valence-corrected chi connectivity index (χ2v) is 7.67. The van der Waals surface area contributed by atoms with E-state index in [2.05, 4.69) is 10.6 Å². The summed E-state index contributed by atoms with van der Waals surface area (Å²) in [4.78, 5) is 37.9. The van der Waals surface area contributed by atoms with Gasteiger partial charge in [-0.05, 0) is 29.8 Å². The first-order valence-electron chi connectivity index (χ1n) is 9.68. The van der Waals surface area contributed by atoms with Gasteiger partial charge in [0.15, 0.2) is 6.61 Å². The molecule has 0 saturated carbocycles. The molecular weight excluding hydrogens is 412 g/mol. The highest BCUT2D eigenvalue weighted by Gasteiger charge is 2.12. The summed E-state index contributed by atoms with van der Waals surface area (Å²) in [5.41, 5.74) is 1.48. The van der Waals surface area contributed by atoms with Crippen molar-refractivity contribution >= 4 is 35.2 Å². The summed E-state index contributed by atoms with van der Waals surface area (Å²) >= 11 is 1.52. The van der Waals surface area contributed by atoms with Crippen LogP contribution in [0.2, 0.25) is 0 Å². The summed E-state index contributed by atoms with van der Waals surface area (Å²) in [5.74, 6) is -1.42. The van der Waals surface area contributed by atoms with E-state index in [9.17, 15) is 14.4 Å². The molecule has 0 aromatic heterocycles. The van der Waals surface area contributed by atoms with Crippen LogP contribution >= 0.6 is 11.8 Å². The average Bonchev–Trinajstić information content (AvgIpc) is 2.79. The Balaban J connectivity index is 1.43. The number of hydrogen-bond acceptors (Lipinski definition) is 5. The lowest BCUT2D eigenvalue weighted by Crippen LogP contribution is -2.33. The van der Waals surface area contributed by atoms with Gasteiger partial charge in [0.1, 0.15) is 6.54 Å². The maximum absolute atomic E-state index is 12.2. The SMILES string of the molecule is O=C(Cc1ccccc1)NCC(=O)OCC(=O)Nc1ccccc1Sc1ccccc1. The Morgan fingerprint density at radius 1 is 0.774 bits per heavy atom. The minimum Gasteiger partial charge on any atom is -0.454 e. The first kappa shape index (κ1) is 22.1. The Hall–Kier alpha value is -3.58. The lowest BCUT2D eigenvalue weighted by Gasteiger charge is -2.11. The van der Waals surface area contributed by atoms with Gasteiger partial charge in [-0.2, -0.15) is 0 Å². The van der Waals surface area contributed by atoms with Crippen molar-refractivity contribution in [1.82, 2.24) is 5.32 Å². The van der Waals surface area contributed by atoms with E-state index < -0.39 is 18.5 Å². The lowest BCUT2D eigenvalue weighted by molar-refractivity contribution is -0.147. The molecule has 31 heavy (non-hydrogen) atoms. The van der Waals surface area contributed by atoms with E-state index in [4.69, 9.17) is 4.74 Å². The predicted octanol–water partition coefficient (Wildman–Crippen LogP) is 3.68. The number of anilines is 1. The fourth-order valence-corrected chi connectivity index (χ4v) is 3.60.